The number of hydrogen-bond donors (Lipinski definition) is 2. The fraction of sp³-hybridized carbons (Fsp3) is 0.265. The average Bonchev–Trinajstić information content (AvgIpc) is 3.48. The van der Waals surface area contributed by atoms with Crippen LogP contribution >= 0.6 is 46.4 Å². The lowest BCUT2D eigenvalue weighted by atomic mass is 9.91. The molecule has 1 fully saturated rings. The number of halogens is 4. The number of para-hydroxylation sites is 1. The predicted octanol–water partition coefficient (Wildman–Crippen LogP) is 8.03. The maximum atomic E-state index is 13.6. The third kappa shape index (κ3) is 8.07. The molecule has 2 N–H and O–H groups in total. The number of hydrogen-bond acceptors (Lipinski definition) is 8. The molecular weight excluding hydrogens is 716 g/mol. The lowest BCUT2D eigenvalue weighted by molar-refractivity contribution is 0.0512. The molecule has 2 aromatic heterocycles. The molecule has 0 unspecified atom stereocenters. The van der Waals surface area contributed by atoms with Gasteiger partial charge in [-0.25, -0.2) is 27.2 Å². The van der Waals surface area contributed by atoms with Crippen LogP contribution in [0.5, 0.6) is 0 Å². The van der Waals surface area contributed by atoms with Crippen molar-refractivity contribution in [1.29, 1.82) is 0 Å². The molecule has 250 valence electrons. The minimum absolute atomic E-state index is 0.111. The van der Waals surface area contributed by atoms with Gasteiger partial charge < -0.3 is 15.4 Å². The number of anilines is 1. The van der Waals surface area contributed by atoms with E-state index in [9.17, 15) is 13.2 Å². The summed E-state index contributed by atoms with van der Waals surface area (Å²) in [6.45, 7) is 0.293. The number of nitrogens with one attached hydrogen (secondary N) is 2. The van der Waals surface area contributed by atoms with Crippen molar-refractivity contribution in [2.24, 2.45) is 0 Å². The van der Waals surface area contributed by atoms with Crippen molar-refractivity contribution in [2.45, 2.75) is 53.0 Å². The molecule has 3 aromatic carbocycles. The smallest absolute Gasteiger partial charge is 0.338 e. The van der Waals surface area contributed by atoms with Crippen LogP contribution in [0.4, 0.5) is 5.95 Å². The highest BCUT2D eigenvalue weighted by molar-refractivity contribution is 7.90. The molecule has 0 amide bonds. The Morgan fingerprint density at radius 1 is 0.958 bits per heavy atom. The van der Waals surface area contributed by atoms with E-state index in [2.05, 4.69) is 15.6 Å². The molecule has 2 atom stereocenters. The van der Waals surface area contributed by atoms with Crippen molar-refractivity contribution in [2.75, 3.05) is 11.9 Å². The van der Waals surface area contributed by atoms with Crippen LogP contribution in [0.25, 0.3) is 22.2 Å². The van der Waals surface area contributed by atoms with Crippen LogP contribution in [0, 0.1) is 0 Å². The molecule has 1 aliphatic rings. The van der Waals surface area contributed by atoms with Gasteiger partial charge in [0.1, 0.15) is 6.61 Å². The molecule has 1 saturated carbocycles. The van der Waals surface area contributed by atoms with E-state index in [0.717, 1.165) is 31.2 Å². The molecular formula is C34H31Cl4N5O4S. The fourth-order valence-electron chi connectivity index (χ4n) is 5.81. The van der Waals surface area contributed by atoms with E-state index in [1.165, 1.54) is 3.97 Å². The highest BCUT2D eigenvalue weighted by atomic mass is 35.6. The largest absolute Gasteiger partial charge is 0.458 e. The van der Waals surface area contributed by atoms with Gasteiger partial charge in [0.25, 0.3) is 10.0 Å². The van der Waals surface area contributed by atoms with Gasteiger partial charge in [0.05, 0.1) is 32.9 Å². The Morgan fingerprint density at radius 2 is 1.67 bits per heavy atom. The number of fused-ring (bicyclic) bond motifs is 1. The standard InChI is InChI=1S/C34H31Cl4N5O4S/c35-29-19-40-33(42-31(29)28-20-43(30-12-5-4-11-27(28)30)48(45,46)26-9-2-1-3-10-26)41-25-8-6-7-24(17-25)39-18-22-13-15-23(16-14-22)32(44)47-21-34(36,37)38/h1-5,9-16,19-20,24-25,39H,6-8,17-18,21H2,(H,40,41,42)/t24-,25+/m0/s1. The highest BCUT2D eigenvalue weighted by Crippen LogP contribution is 2.36. The molecule has 2 heterocycles. The van der Waals surface area contributed by atoms with E-state index in [1.54, 1.807) is 67.0 Å². The SMILES string of the molecule is O=C(OCC(Cl)(Cl)Cl)c1ccc(CN[C@H]2CCC[C@@H](Nc3ncc(Cl)c(-c4cn(S(=O)(=O)c5ccccc5)c5ccccc45)n3)C2)cc1. The fourth-order valence-corrected chi connectivity index (χ4v) is 7.56. The van der Waals surface area contributed by atoms with E-state index in [-0.39, 0.29) is 23.6 Å². The first-order valence-electron chi connectivity index (χ1n) is 15.2. The summed E-state index contributed by atoms with van der Waals surface area (Å²) in [5.74, 6) is -0.141. The number of rotatable bonds is 10. The number of ether oxygens (including phenoxy) is 1. The summed E-state index contributed by atoms with van der Waals surface area (Å²) >= 11 is 23.6. The minimum atomic E-state index is -3.87. The lowest BCUT2D eigenvalue weighted by Crippen LogP contribution is -2.38. The van der Waals surface area contributed by atoms with Gasteiger partial charge in [0.2, 0.25) is 9.74 Å². The van der Waals surface area contributed by atoms with E-state index in [0.29, 0.717) is 45.2 Å². The van der Waals surface area contributed by atoms with Crippen LogP contribution in [-0.4, -0.2) is 50.8 Å². The van der Waals surface area contributed by atoms with Gasteiger partial charge in [-0.05, 0) is 61.6 Å². The Balaban J connectivity index is 1.13. The van der Waals surface area contributed by atoms with Crippen LogP contribution in [0.2, 0.25) is 5.02 Å². The zero-order chi connectivity index (χ0) is 33.9. The van der Waals surface area contributed by atoms with Crippen LogP contribution in [0.3, 0.4) is 0 Å². The van der Waals surface area contributed by atoms with Crippen molar-refractivity contribution >= 4 is 79.2 Å². The van der Waals surface area contributed by atoms with Gasteiger partial charge in [0.15, 0.2) is 0 Å². The van der Waals surface area contributed by atoms with Crippen LogP contribution in [0.15, 0.2) is 96.2 Å². The van der Waals surface area contributed by atoms with Crippen LogP contribution in [0.1, 0.15) is 41.6 Å². The molecule has 6 rings (SSSR count). The summed E-state index contributed by atoms with van der Waals surface area (Å²) in [6.07, 6.45) is 6.93. The van der Waals surface area contributed by atoms with E-state index in [4.69, 9.17) is 56.1 Å². The molecule has 5 aromatic rings. The lowest BCUT2D eigenvalue weighted by Gasteiger charge is -2.30. The third-order valence-electron chi connectivity index (χ3n) is 8.14. The molecule has 0 spiro atoms. The Labute approximate surface area is 298 Å². The second-order valence-electron chi connectivity index (χ2n) is 11.5. The topological polar surface area (TPSA) is 115 Å². The average molecular weight is 748 g/mol. The van der Waals surface area contributed by atoms with Gasteiger partial charge >= 0.3 is 5.97 Å². The molecule has 0 saturated heterocycles. The summed E-state index contributed by atoms with van der Waals surface area (Å²) < 4.78 is 31.9. The van der Waals surface area contributed by atoms with Crippen molar-refractivity contribution < 1.29 is 17.9 Å². The van der Waals surface area contributed by atoms with E-state index >= 15 is 0 Å². The second kappa shape index (κ2) is 14.6. The number of nitrogens with zero attached hydrogens (tertiary/aromatic N) is 3. The minimum Gasteiger partial charge on any atom is -0.458 e. The van der Waals surface area contributed by atoms with Crippen molar-refractivity contribution in [3.05, 3.63) is 107 Å². The number of alkyl halides is 3. The van der Waals surface area contributed by atoms with Gasteiger partial charge in [-0.3, -0.25) is 0 Å². The number of carbonyl (C=O) groups is 1. The molecule has 0 bridgehead atoms. The van der Waals surface area contributed by atoms with Gasteiger partial charge in [-0.15, -0.1) is 0 Å². The van der Waals surface area contributed by atoms with Gasteiger partial charge in [-0.1, -0.05) is 94.9 Å². The normalized spacial score (nSPS) is 16.9. The zero-order valence-electron chi connectivity index (χ0n) is 25.5. The number of aromatic nitrogens is 3. The zero-order valence-corrected chi connectivity index (χ0v) is 29.3. The summed E-state index contributed by atoms with van der Waals surface area (Å²) in [7, 11) is -3.87. The summed E-state index contributed by atoms with van der Waals surface area (Å²) in [5.41, 5.74) is 2.95. The molecule has 0 radical (unpaired) electrons. The van der Waals surface area contributed by atoms with Crippen LogP contribution < -0.4 is 10.6 Å². The summed E-state index contributed by atoms with van der Waals surface area (Å²) in [4.78, 5) is 21.6. The van der Waals surface area contributed by atoms with Crippen molar-refractivity contribution in [1.82, 2.24) is 19.3 Å². The number of esters is 1. The monoisotopic (exact) mass is 745 g/mol. The Hall–Kier alpha value is -3.38. The third-order valence-corrected chi connectivity index (χ3v) is 10.4. The first kappa shape index (κ1) is 34.5. The van der Waals surface area contributed by atoms with Crippen molar-refractivity contribution in [3.63, 3.8) is 0 Å². The van der Waals surface area contributed by atoms with E-state index < -0.39 is 19.8 Å². The molecule has 48 heavy (non-hydrogen) atoms. The van der Waals surface area contributed by atoms with Crippen LogP contribution in [-0.2, 0) is 21.3 Å². The summed E-state index contributed by atoms with van der Waals surface area (Å²) in [5, 5.41) is 8.11. The number of benzene rings is 3. The summed E-state index contributed by atoms with van der Waals surface area (Å²) in [6, 6.07) is 23.0. The maximum absolute atomic E-state index is 13.6. The van der Waals surface area contributed by atoms with Gasteiger partial charge in [0, 0.05) is 35.8 Å². The molecule has 9 nitrogen and oxygen atoms in total. The Morgan fingerprint density at radius 3 is 2.42 bits per heavy atom. The van der Waals surface area contributed by atoms with Crippen molar-refractivity contribution in [3.8, 4) is 11.3 Å². The Kier molecular flexibility index (Phi) is 10.5. The predicted molar refractivity (Wildman–Crippen MR) is 191 cm³/mol. The Bertz CT molecular complexity index is 2020. The number of carbonyl (C=O) groups excluding carboxylic acids is 1. The first-order valence-corrected chi connectivity index (χ1v) is 18.2. The molecule has 1 aliphatic carbocycles. The highest BCUT2D eigenvalue weighted by Gasteiger charge is 2.26. The van der Waals surface area contributed by atoms with E-state index in [1.807, 2.05) is 24.3 Å². The maximum Gasteiger partial charge on any atom is 0.338 e. The van der Waals surface area contributed by atoms with Gasteiger partial charge in [-0.2, -0.15) is 0 Å². The first-order chi connectivity index (χ1) is 23.0. The molecule has 0 aliphatic heterocycles. The quantitative estimate of drug-likeness (QED) is 0.109. The second-order valence-corrected chi connectivity index (χ2v) is 16.3. The molecule has 14 heteroatoms.